The molecule has 5 heteroatoms. The smallest absolute Gasteiger partial charge is 0.344 e. The van der Waals surface area contributed by atoms with Crippen LogP contribution in [0.25, 0.3) is 22.1 Å². The molecule has 3 aromatic carbocycles. The van der Waals surface area contributed by atoms with Crippen LogP contribution in [0.3, 0.4) is 0 Å². The topological polar surface area (TPSA) is 56.9 Å². The van der Waals surface area contributed by atoms with E-state index < -0.39 is 0 Å². The van der Waals surface area contributed by atoms with E-state index in [0.29, 0.717) is 23.3 Å². The standard InChI is InChI=1S/C27H26N2O3/c30-25-12-11-22-17-23(21-9-5-2-6-10-21)27(31)32-26(22)24(25)19-29-15-13-28(14-16-29)18-20-7-3-1-4-8-20/h1-12,17,30H,13-16,18-19H2. The Morgan fingerprint density at radius 1 is 0.781 bits per heavy atom. The van der Waals surface area contributed by atoms with E-state index in [1.165, 1.54) is 5.56 Å². The van der Waals surface area contributed by atoms with Crippen LogP contribution >= 0.6 is 0 Å². The van der Waals surface area contributed by atoms with Crippen molar-refractivity contribution in [2.24, 2.45) is 0 Å². The van der Waals surface area contributed by atoms with Gasteiger partial charge in [0.05, 0.1) is 11.1 Å². The summed E-state index contributed by atoms with van der Waals surface area (Å²) in [6.07, 6.45) is 0. The predicted molar refractivity (Wildman–Crippen MR) is 127 cm³/mol. The van der Waals surface area contributed by atoms with E-state index in [1.54, 1.807) is 12.1 Å². The summed E-state index contributed by atoms with van der Waals surface area (Å²) >= 11 is 0. The fourth-order valence-electron chi connectivity index (χ4n) is 4.37. The molecule has 0 radical (unpaired) electrons. The number of benzene rings is 3. The molecule has 0 saturated carbocycles. The second-order valence-electron chi connectivity index (χ2n) is 8.33. The van der Waals surface area contributed by atoms with E-state index in [2.05, 4.69) is 34.1 Å². The minimum Gasteiger partial charge on any atom is -0.507 e. The van der Waals surface area contributed by atoms with Crippen molar-refractivity contribution < 1.29 is 9.52 Å². The Morgan fingerprint density at radius 2 is 1.41 bits per heavy atom. The molecule has 5 rings (SSSR count). The van der Waals surface area contributed by atoms with Gasteiger partial charge in [0, 0.05) is 44.7 Å². The summed E-state index contributed by atoms with van der Waals surface area (Å²) in [5, 5.41) is 11.4. The SMILES string of the molecule is O=c1oc2c(CN3CCN(Cc4ccccc4)CC3)c(O)ccc2cc1-c1ccccc1. The Kier molecular flexibility index (Phi) is 5.75. The summed E-state index contributed by atoms with van der Waals surface area (Å²) < 4.78 is 5.75. The van der Waals surface area contributed by atoms with Gasteiger partial charge in [0.2, 0.25) is 0 Å². The molecule has 0 atom stereocenters. The van der Waals surface area contributed by atoms with Gasteiger partial charge in [-0.1, -0.05) is 60.7 Å². The van der Waals surface area contributed by atoms with Crippen molar-refractivity contribution in [3.05, 3.63) is 100 Å². The van der Waals surface area contributed by atoms with E-state index in [-0.39, 0.29) is 11.4 Å². The molecule has 0 unspecified atom stereocenters. The molecular formula is C27H26N2O3. The molecule has 1 aliphatic rings. The number of fused-ring (bicyclic) bond motifs is 1. The third-order valence-electron chi connectivity index (χ3n) is 6.16. The molecule has 1 saturated heterocycles. The first-order chi connectivity index (χ1) is 15.7. The minimum atomic E-state index is -0.386. The van der Waals surface area contributed by atoms with E-state index in [0.717, 1.165) is 43.7 Å². The summed E-state index contributed by atoms with van der Waals surface area (Å²) in [5.41, 5.74) is 3.44. The van der Waals surface area contributed by atoms with Crippen molar-refractivity contribution in [2.75, 3.05) is 26.2 Å². The Labute approximate surface area is 187 Å². The Balaban J connectivity index is 1.35. The Bertz CT molecular complexity index is 1260. The molecule has 5 nitrogen and oxygen atoms in total. The van der Waals surface area contributed by atoms with Crippen LogP contribution in [0.2, 0.25) is 0 Å². The van der Waals surface area contributed by atoms with Crippen molar-refractivity contribution in [2.45, 2.75) is 13.1 Å². The van der Waals surface area contributed by atoms with E-state index in [4.69, 9.17) is 4.42 Å². The van der Waals surface area contributed by atoms with Crippen molar-refractivity contribution in [1.82, 2.24) is 9.80 Å². The van der Waals surface area contributed by atoms with Gasteiger partial charge in [-0.2, -0.15) is 0 Å². The highest BCUT2D eigenvalue weighted by Crippen LogP contribution is 2.30. The number of hydrogen-bond acceptors (Lipinski definition) is 5. The van der Waals surface area contributed by atoms with Crippen LogP contribution < -0.4 is 5.63 Å². The van der Waals surface area contributed by atoms with Crippen LogP contribution in [0.5, 0.6) is 5.75 Å². The zero-order chi connectivity index (χ0) is 21.9. The molecule has 1 aromatic heterocycles. The summed E-state index contributed by atoms with van der Waals surface area (Å²) in [6.45, 7) is 5.22. The third kappa shape index (κ3) is 4.31. The Hall–Kier alpha value is -3.41. The van der Waals surface area contributed by atoms with Crippen LogP contribution in [0.4, 0.5) is 0 Å². The first-order valence-electron chi connectivity index (χ1n) is 11.0. The zero-order valence-corrected chi connectivity index (χ0v) is 17.9. The molecular weight excluding hydrogens is 400 g/mol. The number of nitrogens with zero attached hydrogens (tertiary/aromatic N) is 2. The maximum atomic E-state index is 12.7. The van der Waals surface area contributed by atoms with Crippen LogP contribution in [0, 0.1) is 0 Å². The van der Waals surface area contributed by atoms with Gasteiger partial charge in [-0.15, -0.1) is 0 Å². The maximum absolute atomic E-state index is 12.7. The fraction of sp³-hybridized carbons (Fsp3) is 0.222. The van der Waals surface area contributed by atoms with Crippen molar-refractivity contribution >= 4 is 11.0 Å². The second-order valence-corrected chi connectivity index (χ2v) is 8.33. The molecule has 0 spiro atoms. The molecule has 1 fully saturated rings. The van der Waals surface area contributed by atoms with Gasteiger partial charge >= 0.3 is 5.63 Å². The van der Waals surface area contributed by atoms with Crippen LogP contribution in [0.1, 0.15) is 11.1 Å². The summed E-state index contributed by atoms with van der Waals surface area (Å²) in [6, 6.07) is 25.4. The lowest BCUT2D eigenvalue weighted by atomic mass is 10.0. The van der Waals surface area contributed by atoms with Gasteiger partial charge < -0.3 is 9.52 Å². The molecule has 1 N–H and O–H groups in total. The van der Waals surface area contributed by atoms with Gasteiger partial charge in [0.25, 0.3) is 0 Å². The summed E-state index contributed by atoms with van der Waals surface area (Å²) in [7, 11) is 0. The molecule has 4 aromatic rings. The predicted octanol–water partition coefficient (Wildman–Crippen LogP) is 4.48. The van der Waals surface area contributed by atoms with E-state index >= 15 is 0 Å². The number of piperazine rings is 1. The van der Waals surface area contributed by atoms with Gasteiger partial charge in [0.15, 0.2) is 0 Å². The van der Waals surface area contributed by atoms with E-state index in [1.807, 2.05) is 42.5 Å². The minimum absolute atomic E-state index is 0.167. The summed E-state index contributed by atoms with van der Waals surface area (Å²) in [4.78, 5) is 17.5. The highest BCUT2D eigenvalue weighted by Gasteiger charge is 2.21. The van der Waals surface area contributed by atoms with Crippen LogP contribution in [-0.2, 0) is 13.1 Å². The zero-order valence-electron chi connectivity index (χ0n) is 17.9. The quantitative estimate of drug-likeness (QED) is 0.477. The number of hydrogen-bond donors (Lipinski definition) is 1. The lowest BCUT2D eigenvalue weighted by Crippen LogP contribution is -2.45. The Morgan fingerprint density at radius 3 is 2.09 bits per heavy atom. The molecule has 162 valence electrons. The van der Waals surface area contributed by atoms with Gasteiger partial charge in [0.1, 0.15) is 11.3 Å². The first kappa shape index (κ1) is 20.5. The highest BCUT2D eigenvalue weighted by molar-refractivity contribution is 5.85. The largest absolute Gasteiger partial charge is 0.507 e. The molecule has 2 heterocycles. The lowest BCUT2D eigenvalue weighted by Gasteiger charge is -2.34. The van der Waals surface area contributed by atoms with Crippen molar-refractivity contribution in [3.63, 3.8) is 0 Å². The lowest BCUT2D eigenvalue weighted by molar-refractivity contribution is 0.121. The van der Waals surface area contributed by atoms with Crippen LogP contribution in [-0.4, -0.2) is 41.1 Å². The number of aromatic hydroxyl groups is 1. The van der Waals surface area contributed by atoms with Gasteiger partial charge in [-0.25, -0.2) is 4.79 Å². The second kappa shape index (κ2) is 8.99. The number of rotatable bonds is 5. The van der Waals surface area contributed by atoms with Crippen LogP contribution in [0.15, 0.2) is 88.1 Å². The van der Waals surface area contributed by atoms with Gasteiger partial charge in [-0.05, 0) is 29.3 Å². The molecule has 1 aliphatic heterocycles. The monoisotopic (exact) mass is 426 g/mol. The normalized spacial score (nSPS) is 15.2. The van der Waals surface area contributed by atoms with Crippen molar-refractivity contribution in [3.8, 4) is 16.9 Å². The maximum Gasteiger partial charge on any atom is 0.344 e. The highest BCUT2D eigenvalue weighted by atomic mass is 16.4. The molecule has 32 heavy (non-hydrogen) atoms. The molecule has 0 amide bonds. The van der Waals surface area contributed by atoms with Crippen molar-refractivity contribution in [1.29, 1.82) is 0 Å². The fourth-order valence-corrected chi connectivity index (χ4v) is 4.37. The van der Waals surface area contributed by atoms with Gasteiger partial charge in [-0.3, -0.25) is 9.80 Å². The number of phenolic OH excluding ortho intramolecular Hbond substituents is 1. The average Bonchev–Trinajstić information content (AvgIpc) is 2.83. The number of phenols is 1. The average molecular weight is 427 g/mol. The summed E-state index contributed by atoms with van der Waals surface area (Å²) in [5.74, 6) is 0.167. The molecule has 0 bridgehead atoms. The molecule has 0 aliphatic carbocycles. The third-order valence-corrected chi connectivity index (χ3v) is 6.16. The first-order valence-corrected chi connectivity index (χ1v) is 11.0. The van der Waals surface area contributed by atoms with E-state index in [9.17, 15) is 9.90 Å².